The van der Waals surface area contributed by atoms with Crippen molar-refractivity contribution in [2.45, 2.75) is 12.8 Å². The maximum Gasteiger partial charge on any atom is 0.223 e. The van der Waals surface area contributed by atoms with E-state index in [1.54, 1.807) is 0 Å². The maximum absolute atomic E-state index is 10.9. The second kappa shape index (κ2) is 3.11. The Bertz CT molecular complexity index is 116. The molecule has 1 N–H and O–H groups in total. The predicted molar refractivity (Wildman–Crippen MR) is 39.6 cm³/mol. The summed E-state index contributed by atoms with van der Waals surface area (Å²) in [5.74, 6) is 1.03. The van der Waals surface area contributed by atoms with E-state index in [0.717, 1.165) is 19.4 Å². The van der Waals surface area contributed by atoms with Crippen molar-refractivity contribution in [3.05, 3.63) is 0 Å². The lowest BCUT2D eigenvalue weighted by Gasteiger charge is -2.19. The minimum atomic E-state index is 0.169. The fourth-order valence-corrected chi connectivity index (χ4v) is 1.36. The van der Waals surface area contributed by atoms with Crippen LogP contribution in [0.3, 0.4) is 0 Å². The SMILES string of the molecule is O=C1NCCCC1CS. The minimum Gasteiger partial charge on any atom is -0.356 e. The summed E-state index contributed by atoms with van der Waals surface area (Å²) in [4.78, 5) is 10.9. The van der Waals surface area contributed by atoms with Crippen molar-refractivity contribution in [3.63, 3.8) is 0 Å². The lowest BCUT2D eigenvalue weighted by molar-refractivity contribution is -0.125. The molecule has 1 unspecified atom stereocenters. The lowest BCUT2D eigenvalue weighted by Crippen LogP contribution is -2.37. The smallest absolute Gasteiger partial charge is 0.223 e. The van der Waals surface area contributed by atoms with E-state index in [-0.39, 0.29) is 11.8 Å². The van der Waals surface area contributed by atoms with Crippen LogP contribution in [0.5, 0.6) is 0 Å². The number of carbonyl (C=O) groups excluding carboxylic acids is 1. The first kappa shape index (κ1) is 6.93. The van der Waals surface area contributed by atoms with E-state index in [1.165, 1.54) is 0 Å². The van der Waals surface area contributed by atoms with Crippen molar-refractivity contribution in [2.75, 3.05) is 12.3 Å². The fourth-order valence-electron chi connectivity index (χ4n) is 1.01. The number of amides is 1. The molecule has 0 aliphatic carbocycles. The summed E-state index contributed by atoms with van der Waals surface area (Å²) >= 11 is 4.06. The molecule has 1 heterocycles. The third kappa shape index (κ3) is 1.61. The Balaban J connectivity index is 2.39. The maximum atomic E-state index is 10.9. The molecule has 2 nitrogen and oxygen atoms in total. The molecule has 1 fully saturated rings. The van der Waals surface area contributed by atoms with Gasteiger partial charge in [0.25, 0.3) is 0 Å². The fraction of sp³-hybridized carbons (Fsp3) is 0.833. The van der Waals surface area contributed by atoms with Gasteiger partial charge in [0.1, 0.15) is 0 Å². The molecule has 3 heteroatoms. The summed E-state index contributed by atoms with van der Waals surface area (Å²) in [5, 5.41) is 2.80. The molecule has 0 aromatic heterocycles. The standard InChI is InChI=1S/C6H11NOS/c8-6-5(4-9)2-1-3-7-6/h5,9H,1-4H2,(H,7,8). The van der Waals surface area contributed by atoms with Crippen LogP contribution in [-0.2, 0) is 4.79 Å². The molecule has 0 spiro atoms. The summed E-state index contributed by atoms with van der Waals surface area (Å²) in [7, 11) is 0. The van der Waals surface area contributed by atoms with Gasteiger partial charge in [-0.3, -0.25) is 4.79 Å². The van der Waals surface area contributed by atoms with Gasteiger partial charge in [-0.1, -0.05) is 0 Å². The van der Waals surface area contributed by atoms with Gasteiger partial charge >= 0.3 is 0 Å². The molecule has 1 rings (SSSR count). The third-order valence-corrected chi connectivity index (χ3v) is 2.06. The molecule has 0 bridgehead atoms. The Morgan fingerprint density at radius 2 is 2.56 bits per heavy atom. The molecule has 0 aromatic carbocycles. The number of piperidine rings is 1. The zero-order chi connectivity index (χ0) is 6.69. The van der Waals surface area contributed by atoms with E-state index in [1.807, 2.05) is 0 Å². The van der Waals surface area contributed by atoms with Crippen molar-refractivity contribution in [1.29, 1.82) is 0 Å². The Morgan fingerprint density at radius 1 is 1.78 bits per heavy atom. The second-order valence-electron chi connectivity index (χ2n) is 2.31. The molecule has 1 saturated heterocycles. The number of rotatable bonds is 1. The van der Waals surface area contributed by atoms with Gasteiger partial charge in [0.15, 0.2) is 0 Å². The number of hydrogen-bond donors (Lipinski definition) is 2. The molecular formula is C6H11NOS. The zero-order valence-electron chi connectivity index (χ0n) is 5.26. The Kier molecular flexibility index (Phi) is 2.39. The quantitative estimate of drug-likeness (QED) is 0.515. The highest BCUT2D eigenvalue weighted by Crippen LogP contribution is 2.11. The first-order valence-corrected chi connectivity index (χ1v) is 3.86. The average Bonchev–Trinajstić information content (AvgIpc) is 1.89. The van der Waals surface area contributed by atoms with Crippen LogP contribution in [0.25, 0.3) is 0 Å². The topological polar surface area (TPSA) is 29.1 Å². The summed E-state index contributed by atoms with van der Waals surface area (Å²) in [6.45, 7) is 0.850. The lowest BCUT2D eigenvalue weighted by atomic mass is 10.0. The predicted octanol–water partition coefficient (Wildman–Crippen LogP) is 0.442. The van der Waals surface area contributed by atoms with Crippen LogP contribution in [0, 0.1) is 5.92 Å². The van der Waals surface area contributed by atoms with E-state index >= 15 is 0 Å². The summed E-state index contributed by atoms with van der Waals surface area (Å²) in [6, 6.07) is 0. The summed E-state index contributed by atoms with van der Waals surface area (Å²) in [5.41, 5.74) is 0. The molecule has 0 radical (unpaired) electrons. The molecule has 1 aliphatic rings. The van der Waals surface area contributed by atoms with Gasteiger partial charge in [0.05, 0.1) is 0 Å². The third-order valence-electron chi connectivity index (χ3n) is 1.62. The zero-order valence-corrected chi connectivity index (χ0v) is 6.16. The van der Waals surface area contributed by atoms with Crippen molar-refractivity contribution >= 4 is 18.5 Å². The minimum absolute atomic E-state index is 0.169. The molecular weight excluding hydrogens is 134 g/mol. The van der Waals surface area contributed by atoms with Crippen LogP contribution >= 0.6 is 12.6 Å². The van der Waals surface area contributed by atoms with Gasteiger partial charge in [-0.25, -0.2) is 0 Å². The highest BCUT2D eigenvalue weighted by molar-refractivity contribution is 7.80. The molecule has 52 valence electrons. The summed E-state index contributed by atoms with van der Waals surface area (Å²) in [6.07, 6.45) is 2.12. The van der Waals surface area contributed by atoms with E-state index in [4.69, 9.17) is 0 Å². The Morgan fingerprint density at radius 3 is 3.00 bits per heavy atom. The number of nitrogens with one attached hydrogen (secondary N) is 1. The first-order valence-electron chi connectivity index (χ1n) is 3.23. The van der Waals surface area contributed by atoms with E-state index < -0.39 is 0 Å². The van der Waals surface area contributed by atoms with Crippen molar-refractivity contribution in [2.24, 2.45) is 5.92 Å². The van der Waals surface area contributed by atoms with Gasteiger partial charge in [-0.2, -0.15) is 12.6 Å². The van der Waals surface area contributed by atoms with Crippen LogP contribution in [-0.4, -0.2) is 18.2 Å². The monoisotopic (exact) mass is 145 g/mol. The molecule has 1 atom stereocenters. The Hall–Kier alpha value is -0.180. The highest BCUT2D eigenvalue weighted by atomic mass is 32.1. The van der Waals surface area contributed by atoms with Crippen molar-refractivity contribution in [3.8, 4) is 0 Å². The van der Waals surface area contributed by atoms with Crippen molar-refractivity contribution < 1.29 is 4.79 Å². The highest BCUT2D eigenvalue weighted by Gasteiger charge is 2.19. The van der Waals surface area contributed by atoms with Gasteiger partial charge in [0.2, 0.25) is 5.91 Å². The number of carbonyl (C=O) groups is 1. The van der Waals surface area contributed by atoms with E-state index in [2.05, 4.69) is 17.9 Å². The van der Waals surface area contributed by atoms with Gasteiger partial charge in [0, 0.05) is 18.2 Å². The van der Waals surface area contributed by atoms with Gasteiger partial charge < -0.3 is 5.32 Å². The Labute approximate surface area is 60.4 Å². The number of thiol groups is 1. The molecule has 1 aliphatic heterocycles. The second-order valence-corrected chi connectivity index (χ2v) is 2.68. The molecule has 1 amide bonds. The van der Waals surface area contributed by atoms with Gasteiger partial charge in [-0.15, -0.1) is 0 Å². The molecule has 9 heavy (non-hydrogen) atoms. The van der Waals surface area contributed by atoms with Crippen LogP contribution in [0.4, 0.5) is 0 Å². The van der Waals surface area contributed by atoms with E-state index in [0.29, 0.717) is 5.75 Å². The largest absolute Gasteiger partial charge is 0.356 e. The summed E-state index contributed by atoms with van der Waals surface area (Å²) < 4.78 is 0. The van der Waals surface area contributed by atoms with Gasteiger partial charge in [-0.05, 0) is 12.8 Å². The van der Waals surface area contributed by atoms with Crippen LogP contribution in [0.15, 0.2) is 0 Å². The van der Waals surface area contributed by atoms with Crippen LogP contribution in [0.2, 0.25) is 0 Å². The molecule has 0 saturated carbocycles. The average molecular weight is 145 g/mol. The van der Waals surface area contributed by atoms with Crippen LogP contribution < -0.4 is 5.32 Å². The number of hydrogen-bond acceptors (Lipinski definition) is 2. The van der Waals surface area contributed by atoms with E-state index in [9.17, 15) is 4.79 Å². The normalized spacial score (nSPS) is 27.7. The molecule has 0 aromatic rings. The van der Waals surface area contributed by atoms with Crippen LogP contribution in [0.1, 0.15) is 12.8 Å². The van der Waals surface area contributed by atoms with Crippen molar-refractivity contribution in [1.82, 2.24) is 5.32 Å². The first-order chi connectivity index (χ1) is 4.34.